The SMILES string of the molecule is O=C(CNC[C@H]1CCCO1)N(C[C@@H]1CCCN1)C1CC1. The van der Waals surface area contributed by atoms with Crippen molar-refractivity contribution in [1.29, 1.82) is 0 Å². The highest BCUT2D eigenvalue weighted by atomic mass is 16.5. The first kappa shape index (κ1) is 14.3. The minimum Gasteiger partial charge on any atom is -0.377 e. The van der Waals surface area contributed by atoms with E-state index in [1.165, 1.54) is 25.7 Å². The summed E-state index contributed by atoms with van der Waals surface area (Å²) in [5, 5.41) is 6.77. The first-order valence-electron chi connectivity index (χ1n) is 8.18. The highest BCUT2D eigenvalue weighted by molar-refractivity contribution is 5.79. The van der Waals surface area contributed by atoms with Gasteiger partial charge in [-0.3, -0.25) is 4.79 Å². The van der Waals surface area contributed by atoms with Crippen molar-refractivity contribution in [2.75, 3.05) is 32.8 Å². The van der Waals surface area contributed by atoms with Crippen molar-refractivity contribution in [1.82, 2.24) is 15.5 Å². The Morgan fingerprint density at radius 1 is 1.25 bits per heavy atom. The Morgan fingerprint density at radius 3 is 2.80 bits per heavy atom. The van der Waals surface area contributed by atoms with E-state index in [0.29, 0.717) is 24.7 Å². The van der Waals surface area contributed by atoms with Crippen LogP contribution >= 0.6 is 0 Å². The van der Waals surface area contributed by atoms with E-state index in [-0.39, 0.29) is 5.91 Å². The van der Waals surface area contributed by atoms with Crippen LogP contribution in [0.5, 0.6) is 0 Å². The van der Waals surface area contributed by atoms with E-state index in [2.05, 4.69) is 15.5 Å². The van der Waals surface area contributed by atoms with Crippen LogP contribution in [0.1, 0.15) is 38.5 Å². The van der Waals surface area contributed by atoms with E-state index in [1.807, 2.05) is 0 Å². The Kier molecular flexibility index (Phi) is 4.91. The second-order valence-corrected chi connectivity index (χ2v) is 6.34. The van der Waals surface area contributed by atoms with Gasteiger partial charge in [-0.25, -0.2) is 0 Å². The Labute approximate surface area is 121 Å². The van der Waals surface area contributed by atoms with Gasteiger partial charge in [-0.2, -0.15) is 0 Å². The largest absolute Gasteiger partial charge is 0.377 e. The summed E-state index contributed by atoms with van der Waals surface area (Å²) in [6.07, 6.45) is 7.42. The molecule has 1 aliphatic carbocycles. The van der Waals surface area contributed by atoms with Gasteiger partial charge in [0.05, 0.1) is 12.6 Å². The maximum absolute atomic E-state index is 12.4. The number of ether oxygens (including phenoxy) is 1. The van der Waals surface area contributed by atoms with Crippen LogP contribution < -0.4 is 10.6 Å². The predicted molar refractivity (Wildman–Crippen MR) is 77.6 cm³/mol. The van der Waals surface area contributed by atoms with E-state index < -0.39 is 0 Å². The monoisotopic (exact) mass is 281 g/mol. The molecule has 0 radical (unpaired) electrons. The second kappa shape index (κ2) is 6.87. The van der Waals surface area contributed by atoms with E-state index in [0.717, 1.165) is 39.1 Å². The lowest BCUT2D eigenvalue weighted by molar-refractivity contribution is -0.131. The maximum atomic E-state index is 12.4. The fraction of sp³-hybridized carbons (Fsp3) is 0.933. The number of hydrogen-bond donors (Lipinski definition) is 2. The number of rotatable bonds is 7. The lowest BCUT2D eigenvalue weighted by Crippen LogP contribution is -2.46. The van der Waals surface area contributed by atoms with Crippen LogP contribution in [-0.4, -0.2) is 61.8 Å². The third-order valence-corrected chi connectivity index (χ3v) is 4.56. The average molecular weight is 281 g/mol. The number of amides is 1. The van der Waals surface area contributed by atoms with E-state index in [1.54, 1.807) is 0 Å². The topological polar surface area (TPSA) is 53.6 Å². The fourth-order valence-electron chi connectivity index (χ4n) is 3.24. The van der Waals surface area contributed by atoms with Crippen molar-refractivity contribution in [2.24, 2.45) is 0 Å². The van der Waals surface area contributed by atoms with Crippen LogP contribution in [0.15, 0.2) is 0 Å². The zero-order chi connectivity index (χ0) is 13.8. The number of nitrogens with one attached hydrogen (secondary N) is 2. The highest BCUT2D eigenvalue weighted by Crippen LogP contribution is 2.27. The molecule has 2 N–H and O–H groups in total. The van der Waals surface area contributed by atoms with Crippen molar-refractivity contribution >= 4 is 5.91 Å². The fourth-order valence-corrected chi connectivity index (χ4v) is 3.24. The Hall–Kier alpha value is -0.650. The molecule has 2 atom stereocenters. The third-order valence-electron chi connectivity index (χ3n) is 4.56. The van der Waals surface area contributed by atoms with E-state index in [9.17, 15) is 4.79 Å². The lowest BCUT2D eigenvalue weighted by atomic mass is 10.2. The standard InChI is InChI=1S/C15H27N3O2/c19-15(10-16-9-14-4-2-8-20-14)18(13-5-6-13)11-12-3-1-7-17-12/h12-14,16-17H,1-11H2/t12-,14+/m0/s1. The lowest BCUT2D eigenvalue weighted by Gasteiger charge is -2.26. The minimum absolute atomic E-state index is 0.263. The smallest absolute Gasteiger partial charge is 0.236 e. The summed E-state index contributed by atoms with van der Waals surface area (Å²) in [5.74, 6) is 0.263. The van der Waals surface area contributed by atoms with Crippen molar-refractivity contribution in [3.8, 4) is 0 Å². The number of carbonyl (C=O) groups is 1. The summed E-state index contributed by atoms with van der Waals surface area (Å²) < 4.78 is 5.57. The van der Waals surface area contributed by atoms with Crippen molar-refractivity contribution < 1.29 is 9.53 Å². The molecule has 1 saturated carbocycles. The molecule has 0 spiro atoms. The first-order chi connectivity index (χ1) is 9.83. The van der Waals surface area contributed by atoms with Gasteiger partial charge < -0.3 is 20.3 Å². The highest BCUT2D eigenvalue weighted by Gasteiger charge is 2.34. The maximum Gasteiger partial charge on any atom is 0.236 e. The van der Waals surface area contributed by atoms with E-state index in [4.69, 9.17) is 4.74 Å². The van der Waals surface area contributed by atoms with E-state index >= 15 is 0 Å². The zero-order valence-electron chi connectivity index (χ0n) is 12.3. The van der Waals surface area contributed by atoms with Gasteiger partial charge in [0.15, 0.2) is 0 Å². The van der Waals surface area contributed by atoms with Crippen LogP contribution in [0.25, 0.3) is 0 Å². The molecule has 3 rings (SSSR count). The average Bonchev–Trinajstić information content (AvgIpc) is 2.93. The predicted octanol–water partition coefficient (Wildman–Crippen LogP) is 0.498. The summed E-state index contributed by atoms with van der Waals surface area (Å²) in [6.45, 7) is 4.15. The molecule has 2 heterocycles. The molecular formula is C15H27N3O2. The third kappa shape index (κ3) is 3.93. The molecule has 0 bridgehead atoms. The molecule has 0 unspecified atom stereocenters. The quantitative estimate of drug-likeness (QED) is 0.713. The van der Waals surface area contributed by atoms with Gasteiger partial charge in [0.2, 0.25) is 5.91 Å². The molecular weight excluding hydrogens is 254 g/mol. The molecule has 3 fully saturated rings. The van der Waals surface area contributed by atoms with Crippen LogP contribution in [0.3, 0.4) is 0 Å². The molecule has 0 aromatic heterocycles. The Balaban J connectivity index is 1.40. The molecule has 20 heavy (non-hydrogen) atoms. The van der Waals surface area contributed by atoms with Crippen molar-refractivity contribution in [3.63, 3.8) is 0 Å². The molecule has 2 aliphatic heterocycles. The molecule has 3 aliphatic rings. The van der Waals surface area contributed by atoms with Gasteiger partial charge in [0.25, 0.3) is 0 Å². The Bertz CT molecular complexity index is 321. The van der Waals surface area contributed by atoms with Gasteiger partial charge >= 0.3 is 0 Å². The summed E-state index contributed by atoms with van der Waals surface area (Å²) in [5.41, 5.74) is 0. The first-order valence-corrected chi connectivity index (χ1v) is 8.18. The Morgan fingerprint density at radius 2 is 2.15 bits per heavy atom. The zero-order valence-corrected chi connectivity index (χ0v) is 12.3. The van der Waals surface area contributed by atoms with Crippen LogP contribution in [0.4, 0.5) is 0 Å². The van der Waals surface area contributed by atoms with Crippen LogP contribution in [0.2, 0.25) is 0 Å². The summed E-state index contributed by atoms with van der Waals surface area (Å²) in [4.78, 5) is 14.5. The normalized spacial score (nSPS) is 29.8. The molecule has 1 amide bonds. The summed E-state index contributed by atoms with van der Waals surface area (Å²) >= 11 is 0. The molecule has 2 saturated heterocycles. The number of carbonyl (C=O) groups excluding carboxylic acids is 1. The molecule has 5 nitrogen and oxygen atoms in total. The van der Waals surface area contributed by atoms with Gasteiger partial charge in [-0.15, -0.1) is 0 Å². The van der Waals surface area contributed by atoms with Gasteiger partial charge in [-0.05, 0) is 45.1 Å². The van der Waals surface area contributed by atoms with Crippen LogP contribution in [0, 0.1) is 0 Å². The van der Waals surface area contributed by atoms with Gasteiger partial charge in [-0.1, -0.05) is 0 Å². The van der Waals surface area contributed by atoms with Gasteiger partial charge in [0, 0.05) is 31.8 Å². The molecule has 0 aromatic carbocycles. The van der Waals surface area contributed by atoms with Gasteiger partial charge in [0.1, 0.15) is 0 Å². The molecule has 5 heteroatoms. The van der Waals surface area contributed by atoms with Crippen molar-refractivity contribution in [2.45, 2.75) is 56.7 Å². The number of nitrogens with zero attached hydrogens (tertiary/aromatic N) is 1. The summed E-state index contributed by atoms with van der Waals surface area (Å²) in [6, 6.07) is 1.02. The van der Waals surface area contributed by atoms with Crippen LogP contribution in [-0.2, 0) is 9.53 Å². The molecule has 0 aromatic rings. The summed E-state index contributed by atoms with van der Waals surface area (Å²) in [7, 11) is 0. The minimum atomic E-state index is 0.263. The van der Waals surface area contributed by atoms with Crippen molar-refractivity contribution in [3.05, 3.63) is 0 Å². The second-order valence-electron chi connectivity index (χ2n) is 6.34. The molecule has 114 valence electrons. The number of hydrogen-bond acceptors (Lipinski definition) is 4.